The number of carbonyl (C=O) groups excluding carboxylic acids is 1. The van der Waals surface area contributed by atoms with Gasteiger partial charge in [-0.25, -0.2) is 0 Å². The van der Waals surface area contributed by atoms with Gasteiger partial charge in [0.05, 0.1) is 5.25 Å². The number of hydrogen-bond acceptors (Lipinski definition) is 3. The Balaban J connectivity index is 2.41. The molecule has 1 aliphatic heterocycles. The first-order valence-corrected chi connectivity index (χ1v) is 4.14. The summed E-state index contributed by atoms with van der Waals surface area (Å²) in [5.74, 6) is -0.151. The summed E-state index contributed by atoms with van der Waals surface area (Å²) >= 11 is 4.06. The summed E-state index contributed by atoms with van der Waals surface area (Å²) < 4.78 is 5.03. The normalized spacial score (nSPS) is 33.6. The van der Waals surface area contributed by atoms with Crippen LogP contribution in [0.2, 0.25) is 0 Å². The molecule has 0 aromatic heterocycles. The number of hydrogen-bond donors (Lipinski definition) is 1. The average Bonchev–Trinajstić information content (AvgIpc) is 1.95. The Hall–Kier alpha value is -0.180. The van der Waals surface area contributed by atoms with E-state index in [2.05, 4.69) is 12.6 Å². The molecule has 1 heterocycles. The molecule has 0 aliphatic carbocycles. The molecule has 3 heteroatoms. The Kier molecular flexibility index (Phi) is 2.60. The molecule has 2 nitrogen and oxygen atoms in total. The molecule has 2 unspecified atom stereocenters. The van der Waals surface area contributed by atoms with Crippen LogP contribution in [-0.2, 0) is 9.53 Å². The second-order valence-electron chi connectivity index (χ2n) is 2.56. The molecular formula is C7H12O2S. The minimum absolute atomic E-state index is 0.149. The zero-order valence-corrected chi connectivity index (χ0v) is 6.93. The molecule has 58 valence electrons. The maximum absolute atomic E-state index is 10.9. The molecule has 0 spiro atoms. The van der Waals surface area contributed by atoms with Crippen molar-refractivity contribution in [1.29, 1.82) is 0 Å². The van der Waals surface area contributed by atoms with E-state index >= 15 is 0 Å². The molecule has 10 heavy (non-hydrogen) atoms. The highest BCUT2D eigenvalue weighted by atomic mass is 32.1. The summed E-state index contributed by atoms with van der Waals surface area (Å²) in [5, 5.41) is -0.178. The fourth-order valence-corrected chi connectivity index (χ4v) is 1.26. The monoisotopic (exact) mass is 160 g/mol. The van der Waals surface area contributed by atoms with Crippen LogP contribution in [0.25, 0.3) is 0 Å². The van der Waals surface area contributed by atoms with Gasteiger partial charge in [0, 0.05) is 0 Å². The number of rotatable bonds is 1. The van der Waals surface area contributed by atoms with Gasteiger partial charge < -0.3 is 4.74 Å². The third kappa shape index (κ3) is 1.66. The van der Waals surface area contributed by atoms with Gasteiger partial charge in [-0.15, -0.1) is 0 Å². The highest BCUT2D eigenvalue weighted by Crippen LogP contribution is 2.20. The third-order valence-corrected chi connectivity index (χ3v) is 2.24. The molecule has 0 aromatic carbocycles. The fraction of sp³-hybridized carbons (Fsp3) is 0.857. The van der Waals surface area contributed by atoms with Crippen LogP contribution in [0.3, 0.4) is 0 Å². The standard InChI is InChI=1S/C7H12O2S/c1-2-5-3-4-6(10)7(8)9-5/h5-6,10H,2-4H2,1H3. The lowest BCUT2D eigenvalue weighted by atomic mass is 10.1. The molecule has 1 saturated heterocycles. The number of thiol groups is 1. The largest absolute Gasteiger partial charge is 0.462 e. The van der Waals surface area contributed by atoms with Gasteiger partial charge >= 0.3 is 5.97 Å². The predicted octanol–water partition coefficient (Wildman–Crippen LogP) is 1.40. The van der Waals surface area contributed by atoms with Crippen molar-refractivity contribution in [3.05, 3.63) is 0 Å². The molecule has 0 bridgehead atoms. The second-order valence-corrected chi connectivity index (χ2v) is 3.18. The van der Waals surface area contributed by atoms with Crippen LogP contribution in [0.5, 0.6) is 0 Å². The molecule has 1 fully saturated rings. The van der Waals surface area contributed by atoms with Crippen molar-refractivity contribution in [1.82, 2.24) is 0 Å². The van der Waals surface area contributed by atoms with Crippen molar-refractivity contribution >= 4 is 18.6 Å². The van der Waals surface area contributed by atoms with Crippen LogP contribution in [0.1, 0.15) is 26.2 Å². The summed E-state index contributed by atoms with van der Waals surface area (Å²) in [4.78, 5) is 10.9. The summed E-state index contributed by atoms with van der Waals surface area (Å²) in [6, 6.07) is 0. The summed E-state index contributed by atoms with van der Waals surface area (Å²) in [5.41, 5.74) is 0. The summed E-state index contributed by atoms with van der Waals surface area (Å²) in [7, 11) is 0. The molecule has 1 aliphatic rings. The van der Waals surface area contributed by atoms with E-state index in [0.717, 1.165) is 19.3 Å². The maximum atomic E-state index is 10.9. The summed E-state index contributed by atoms with van der Waals surface area (Å²) in [6.07, 6.45) is 2.90. The van der Waals surface area contributed by atoms with Gasteiger partial charge in [0.1, 0.15) is 6.10 Å². The highest BCUT2D eigenvalue weighted by molar-refractivity contribution is 7.81. The number of carbonyl (C=O) groups is 1. The molecule has 0 aromatic rings. The van der Waals surface area contributed by atoms with E-state index in [1.165, 1.54) is 0 Å². The van der Waals surface area contributed by atoms with E-state index in [1.807, 2.05) is 6.92 Å². The van der Waals surface area contributed by atoms with Crippen molar-refractivity contribution in [3.63, 3.8) is 0 Å². The minimum atomic E-state index is -0.178. The van der Waals surface area contributed by atoms with Crippen molar-refractivity contribution in [2.24, 2.45) is 0 Å². The van der Waals surface area contributed by atoms with Crippen molar-refractivity contribution in [2.75, 3.05) is 0 Å². The van der Waals surface area contributed by atoms with E-state index < -0.39 is 0 Å². The highest BCUT2D eigenvalue weighted by Gasteiger charge is 2.25. The van der Waals surface area contributed by atoms with Gasteiger partial charge in [0.15, 0.2) is 0 Å². The lowest BCUT2D eigenvalue weighted by molar-refractivity contribution is -0.152. The Morgan fingerprint density at radius 2 is 2.40 bits per heavy atom. The molecule has 2 atom stereocenters. The van der Waals surface area contributed by atoms with Crippen molar-refractivity contribution in [2.45, 2.75) is 37.5 Å². The predicted molar refractivity (Wildman–Crippen MR) is 42.2 cm³/mol. The van der Waals surface area contributed by atoms with E-state index in [1.54, 1.807) is 0 Å². The zero-order valence-electron chi connectivity index (χ0n) is 6.04. The van der Waals surface area contributed by atoms with Crippen LogP contribution in [-0.4, -0.2) is 17.3 Å². The average molecular weight is 160 g/mol. The van der Waals surface area contributed by atoms with E-state index in [4.69, 9.17) is 4.74 Å². The van der Waals surface area contributed by atoms with Crippen LogP contribution in [0, 0.1) is 0 Å². The lowest BCUT2D eigenvalue weighted by Crippen LogP contribution is -2.31. The Bertz CT molecular complexity index is 136. The Morgan fingerprint density at radius 1 is 1.70 bits per heavy atom. The SMILES string of the molecule is CCC1CCC(S)C(=O)O1. The lowest BCUT2D eigenvalue weighted by Gasteiger charge is -2.24. The van der Waals surface area contributed by atoms with Crippen LogP contribution < -0.4 is 0 Å². The fourth-order valence-electron chi connectivity index (χ4n) is 1.05. The van der Waals surface area contributed by atoms with Gasteiger partial charge in [0.2, 0.25) is 0 Å². The topological polar surface area (TPSA) is 26.3 Å². The Labute approximate surface area is 66.4 Å². The van der Waals surface area contributed by atoms with Gasteiger partial charge in [-0.3, -0.25) is 4.79 Å². The van der Waals surface area contributed by atoms with E-state index in [-0.39, 0.29) is 17.3 Å². The molecular weight excluding hydrogens is 148 g/mol. The van der Waals surface area contributed by atoms with Crippen molar-refractivity contribution < 1.29 is 9.53 Å². The second kappa shape index (κ2) is 3.28. The quantitative estimate of drug-likeness (QED) is 0.463. The van der Waals surface area contributed by atoms with Gasteiger partial charge in [-0.2, -0.15) is 12.6 Å². The summed E-state index contributed by atoms with van der Waals surface area (Å²) in [6.45, 7) is 2.02. The van der Waals surface area contributed by atoms with Crippen LogP contribution in [0.15, 0.2) is 0 Å². The maximum Gasteiger partial charge on any atom is 0.319 e. The smallest absolute Gasteiger partial charge is 0.319 e. The van der Waals surface area contributed by atoms with Crippen LogP contribution >= 0.6 is 12.6 Å². The van der Waals surface area contributed by atoms with E-state index in [9.17, 15) is 4.79 Å². The molecule has 1 rings (SSSR count). The first-order chi connectivity index (χ1) is 4.74. The van der Waals surface area contributed by atoms with Gasteiger partial charge in [-0.05, 0) is 19.3 Å². The third-order valence-electron chi connectivity index (χ3n) is 1.77. The molecule has 0 N–H and O–H groups in total. The van der Waals surface area contributed by atoms with Crippen molar-refractivity contribution in [3.8, 4) is 0 Å². The molecule has 0 saturated carbocycles. The van der Waals surface area contributed by atoms with Gasteiger partial charge in [-0.1, -0.05) is 6.92 Å². The zero-order chi connectivity index (χ0) is 7.56. The van der Waals surface area contributed by atoms with Gasteiger partial charge in [0.25, 0.3) is 0 Å². The number of cyclic esters (lactones) is 1. The first kappa shape index (κ1) is 7.92. The Morgan fingerprint density at radius 3 is 2.90 bits per heavy atom. The molecule has 0 radical (unpaired) electrons. The molecule has 0 amide bonds. The van der Waals surface area contributed by atoms with Crippen LogP contribution in [0.4, 0.5) is 0 Å². The van der Waals surface area contributed by atoms with E-state index in [0.29, 0.717) is 0 Å². The minimum Gasteiger partial charge on any atom is -0.462 e. The number of esters is 1. The first-order valence-electron chi connectivity index (χ1n) is 3.62. The number of ether oxygens (including phenoxy) is 1.